The fraction of sp³-hybridized carbons (Fsp3) is 0.304. The van der Waals surface area contributed by atoms with Crippen molar-refractivity contribution in [3.05, 3.63) is 66.4 Å². The van der Waals surface area contributed by atoms with E-state index in [0.717, 1.165) is 54.1 Å². The summed E-state index contributed by atoms with van der Waals surface area (Å²) >= 11 is 0. The number of aromatic nitrogens is 1. The molecule has 0 spiro atoms. The minimum Gasteiger partial charge on any atom is -0.492 e. The van der Waals surface area contributed by atoms with Gasteiger partial charge in [-0.15, -0.1) is 0 Å². The van der Waals surface area contributed by atoms with Gasteiger partial charge >= 0.3 is 0 Å². The summed E-state index contributed by atoms with van der Waals surface area (Å²) in [5.41, 5.74) is 3.02. The third-order valence-corrected chi connectivity index (χ3v) is 5.20. The first-order valence-electron chi connectivity index (χ1n) is 9.83. The average molecular weight is 375 g/mol. The molecule has 1 fully saturated rings. The molecule has 5 heteroatoms. The number of ether oxygens (including phenoxy) is 1. The van der Waals surface area contributed by atoms with E-state index in [9.17, 15) is 4.79 Å². The number of benzene rings is 2. The molecule has 0 aliphatic carbocycles. The number of anilines is 1. The van der Waals surface area contributed by atoms with Gasteiger partial charge in [-0.05, 0) is 30.7 Å². The molecular formula is C23H25N3O2. The van der Waals surface area contributed by atoms with Crippen LogP contribution < -0.4 is 9.64 Å². The molecule has 0 N–H and O–H groups in total. The number of rotatable bonds is 5. The second kappa shape index (κ2) is 8.30. The lowest BCUT2D eigenvalue weighted by molar-refractivity contribution is -0.130. The number of amides is 1. The van der Waals surface area contributed by atoms with Crippen LogP contribution in [0.5, 0.6) is 5.75 Å². The van der Waals surface area contributed by atoms with Crippen molar-refractivity contribution in [2.75, 3.05) is 37.7 Å². The van der Waals surface area contributed by atoms with Crippen molar-refractivity contribution in [3.8, 4) is 5.75 Å². The van der Waals surface area contributed by atoms with Crippen molar-refractivity contribution in [2.45, 2.75) is 13.3 Å². The fourth-order valence-electron chi connectivity index (χ4n) is 3.78. The van der Waals surface area contributed by atoms with Crippen LogP contribution in [0.3, 0.4) is 0 Å². The number of hydrogen-bond acceptors (Lipinski definition) is 4. The largest absolute Gasteiger partial charge is 0.492 e. The van der Waals surface area contributed by atoms with Crippen LogP contribution in [-0.2, 0) is 11.2 Å². The van der Waals surface area contributed by atoms with Crippen molar-refractivity contribution in [1.82, 2.24) is 9.88 Å². The normalized spacial score (nSPS) is 14.3. The minimum atomic E-state index is 0.163. The molecule has 2 heterocycles. The second-order valence-electron chi connectivity index (χ2n) is 6.94. The van der Waals surface area contributed by atoms with E-state index in [1.807, 2.05) is 60.4 Å². The maximum Gasteiger partial charge on any atom is 0.227 e. The molecule has 5 nitrogen and oxygen atoms in total. The maximum absolute atomic E-state index is 12.9. The maximum atomic E-state index is 12.9. The smallest absolute Gasteiger partial charge is 0.227 e. The number of hydrogen-bond donors (Lipinski definition) is 0. The van der Waals surface area contributed by atoms with Gasteiger partial charge in [-0.3, -0.25) is 9.78 Å². The van der Waals surface area contributed by atoms with Gasteiger partial charge in [0.15, 0.2) is 0 Å². The molecule has 0 atom stereocenters. The van der Waals surface area contributed by atoms with Crippen LogP contribution in [0.25, 0.3) is 10.9 Å². The zero-order valence-electron chi connectivity index (χ0n) is 16.2. The van der Waals surface area contributed by atoms with Gasteiger partial charge in [0, 0.05) is 37.8 Å². The van der Waals surface area contributed by atoms with Crippen molar-refractivity contribution in [1.29, 1.82) is 0 Å². The van der Waals surface area contributed by atoms with Gasteiger partial charge in [0.2, 0.25) is 5.91 Å². The molecule has 1 aliphatic rings. The van der Waals surface area contributed by atoms with E-state index in [4.69, 9.17) is 4.74 Å². The number of carbonyl (C=O) groups is 1. The fourth-order valence-corrected chi connectivity index (χ4v) is 3.78. The zero-order valence-corrected chi connectivity index (χ0v) is 16.2. The standard InChI is InChI=1S/C23H25N3O2/c1-2-28-21-11-4-3-10-20(21)25-13-15-26(16-14-25)22(27)17-19-8-5-7-18-9-6-12-24-23(18)19/h3-12H,2,13-17H2,1H3. The summed E-state index contributed by atoms with van der Waals surface area (Å²) in [6.45, 7) is 5.70. The van der Waals surface area contributed by atoms with E-state index in [0.29, 0.717) is 13.0 Å². The Bertz CT molecular complexity index is 959. The van der Waals surface area contributed by atoms with Crippen molar-refractivity contribution >= 4 is 22.5 Å². The third-order valence-electron chi connectivity index (χ3n) is 5.20. The second-order valence-corrected chi connectivity index (χ2v) is 6.94. The summed E-state index contributed by atoms with van der Waals surface area (Å²) in [5, 5.41) is 1.07. The van der Waals surface area contributed by atoms with Gasteiger partial charge in [0.1, 0.15) is 5.75 Å². The first-order chi connectivity index (χ1) is 13.8. The Balaban J connectivity index is 1.42. The lowest BCUT2D eigenvalue weighted by Crippen LogP contribution is -2.49. The first kappa shape index (κ1) is 18.3. The lowest BCUT2D eigenvalue weighted by atomic mass is 10.1. The van der Waals surface area contributed by atoms with Gasteiger partial charge in [0.25, 0.3) is 0 Å². The van der Waals surface area contributed by atoms with Crippen LogP contribution in [-0.4, -0.2) is 48.6 Å². The van der Waals surface area contributed by atoms with Gasteiger partial charge in [-0.2, -0.15) is 0 Å². The Kier molecular flexibility index (Phi) is 5.42. The molecule has 1 amide bonds. The third kappa shape index (κ3) is 3.79. The highest BCUT2D eigenvalue weighted by Gasteiger charge is 2.23. The van der Waals surface area contributed by atoms with E-state index in [2.05, 4.69) is 16.0 Å². The summed E-state index contributed by atoms with van der Waals surface area (Å²) in [5.74, 6) is 1.07. The van der Waals surface area contributed by atoms with E-state index < -0.39 is 0 Å². The molecule has 1 aliphatic heterocycles. The molecule has 4 rings (SSSR count). The predicted octanol–water partition coefficient (Wildman–Crippen LogP) is 3.52. The van der Waals surface area contributed by atoms with Gasteiger partial charge in [-0.1, -0.05) is 36.4 Å². The molecule has 1 aromatic heterocycles. The molecule has 3 aromatic rings. The van der Waals surface area contributed by atoms with Crippen molar-refractivity contribution < 1.29 is 9.53 Å². The monoisotopic (exact) mass is 375 g/mol. The van der Waals surface area contributed by atoms with Crippen molar-refractivity contribution in [2.24, 2.45) is 0 Å². The number of piperazine rings is 1. The van der Waals surface area contributed by atoms with Crippen molar-refractivity contribution in [3.63, 3.8) is 0 Å². The lowest BCUT2D eigenvalue weighted by Gasteiger charge is -2.36. The van der Waals surface area contributed by atoms with Gasteiger partial charge in [0.05, 0.1) is 24.2 Å². The molecule has 144 valence electrons. The molecule has 0 unspecified atom stereocenters. The Labute approximate surface area is 165 Å². The Hall–Kier alpha value is -3.08. The van der Waals surface area contributed by atoms with Crippen LogP contribution >= 0.6 is 0 Å². The van der Waals surface area contributed by atoms with E-state index >= 15 is 0 Å². The van der Waals surface area contributed by atoms with E-state index in [1.54, 1.807) is 6.20 Å². The van der Waals surface area contributed by atoms with E-state index in [-0.39, 0.29) is 5.91 Å². The summed E-state index contributed by atoms with van der Waals surface area (Å²) in [7, 11) is 0. The van der Waals surface area contributed by atoms with Crippen LogP contribution in [0.4, 0.5) is 5.69 Å². The molecule has 0 radical (unpaired) electrons. The number of carbonyl (C=O) groups excluding carboxylic acids is 1. The van der Waals surface area contributed by atoms with Gasteiger partial charge in [-0.25, -0.2) is 0 Å². The molecule has 0 saturated carbocycles. The minimum absolute atomic E-state index is 0.163. The number of pyridine rings is 1. The molecule has 1 saturated heterocycles. The Morgan fingerprint density at radius 1 is 1.00 bits per heavy atom. The topological polar surface area (TPSA) is 45.7 Å². The molecular weight excluding hydrogens is 350 g/mol. The first-order valence-corrected chi connectivity index (χ1v) is 9.83. The quantitative estimate of drug-likeness (QED) is 0.684. The Morgan fingerprint density at radius 2 is 1.79 bits per heavy atom. The van der Waals surface area contributed by atoms with E-state index in [1.165, 1.54) is 0 Å². The zero-order chi connectivity index (χ0) is 19.3. The number of nitrogens with zero attached hydrogens (tertiary/aromatic N) is 3. The summed E-state index contributed by atoms with van der Waals surface area (Å²) in [6.07, 6.45) is 2.18. The van der Waals surface area contributed by atoms with Crippen LogP contribution in [0.2, 0.25) is 0 Å². The summed E-state index contributed by atoms with van der Waals surface area (Å²) in [6, 6.07) is 18.1. The molecule has 2 aromatic carbocycles. The van der Waals surface area contributed by atoms with Crippen LogP contribution in [0, 0.1) is 0 Å². The SMILES string of the molecule is CCOc1ccccc1N1CCN(C(=O)Cc2cccc3cccnc23)CC1. The van der Waals surface area contributed by atoms with Gasteiger partial charge < -0.3 is 14.5 Å². The molecule has 28 heavy (non-hydrogen) atoms. The number of fused-ring (bicyclic) bond motifs is 1. The predicted molar refractivity (Wildman–Crippen MR) is 112 cm³/mol. The molecule has 0 bridgehead atoms. The summed E-state index contributed by atoms with van der Waals surface area (Å²) < 4.78 is 5.76. The highest BCUT2D eigenvalue weighted by Crippen LogP contribution is 2.29. The van der Waals surface area contributed by atoms with Crippen LogP contribution in [0.1, 0.15) is 12.5 Å². The average Bonchev–Trinajstić information content (AvgIpc) is 2.75. The summed E-state index contributed by atoms with van der Waals surface area (Å²) in [4.78, 5) is 21.6. The highest BCUT2D eigenvalue weighted by atomic mass is 16.5. The Morgan fingerprint density at radius 3 is 2.61 bits per heavy atom. The highest BCUT2D eigenvalue weighted by molar-refractivity contribution is 5.87. The number of para-hydroxylation sites is 3. The van der Waals surface area contributed by atoms with Crippen LogP contribution in [0.15, 0.2) is 60.8 Å².